The fourth-order valence-electron chi connectivity index (χ4n) is 4.28. The van der Waals surface area contributed by atoms with Crippen LogP contribution in [0.5, 0.6) is 0 Å². The molecule has 1 saturated carbocycles. The summed E-state index contributed by atoms with van der Waals surface area (Å²) in [7, 11) is 0. The average molecular weight is 416 g/mol. The van der Waals surface area contributed by atoms with Crippen molar-refractivity contribution in [3.05, 3.63) is 45.9 Å². The summed E-state index contributed by atoms with van der Waals surface area (Å²) in [6, 6.07) is 5.70. The van der Waals surface area contributed by atoms with Crippen LogP contribution in [0.25, 0.3) is 11.1 Å². The second-order valence-corrected chi connectivity index (χ2v) is 8.31. The predicted molar refractivity (Wildman–Crippen MR) is 107 cm³/mol. The summed E-state index contributed by atoms with van der Waals surface area (Å²) in [5.74, 6) is 0.403. The van der Waals surface area contributed by atoms with Crippen LogP contribution in [0.2, 0.25) is 5.02 Å². The molecule has 5 rings (SSSR count). The van der Waals surface area contributed by atoms with Crippen LogP contribution in [0.4, 0.5) is 0 Å². The zero-order valence-electron chi connectivity index (χ0n) is 16.0. The van der Waals surface area contributed by atoms with E-state index in [1.165, 1.54) is 17.4 Å². The molecule has 9 heteroatoms. The third-order valence-electron chi connectivity index (χ3n) is 5.91. The Balaban J connectivity index is 1.28. The summed E-state index contributed by atoms with van der Waals surface area (Å²) in [5.41, 5.74) is 0.980. The second kappa shape index (κ2) is 7.33. The summed E-state index contributed by atoms with van der Waals surface area (Å²) < 4.78 is 8.79. The molecule has 1 aliphatic carbocycles. The first kappa shape index (κ1) is 18.4. The van der Waals surface area contributed by atoms with E-state index < -0.39 is 5.76 Å². The van der Waals surface area contributed by atoms with Gasteiger partial charge in [0.1, 0.15) is 18.7 Å². The van der Waals surface area contributed by atoms with Gasteiger partial charge in [-0.3, -0.25) is 9.36 Å². The van der Waals surface area contributed by atoms with E-state index in [4.69, 9.17) is 16.0 Å². The van der Waals surface area contributed by atoms with Crippen LogP contribution in [0.15, 0.2) is 33.7 Å². The lowest BCUT2D eigenvalue weighted by molar-refractivity contribution is -0.132. The van der Waals surface area contributed by atoms with Crippen LogP contribution in [0.1, 0.15) is 44.0 Å². The fourth-order valence-corrected chi connectivity index (χ4v) is 4.44. The molecule has 152 valence electrons. The molecule has 2 aliphatic rings. The highest BCUT2D eigenvalue weighted by molar-refractivity contribution is 6.31. The largest absolute Gasteiger partial charge is 0.420 e. The van der Waals surface area contributed by atoms with E-state index >= 15 is 0 Å². The number of carbonyl (C=O) groups is 1. The number of hydrogen-bond donors (Lipinski definition) is 0. The number of amides is 1. The van der Waals surface area contributed by atoms with Crippen molar-refractivity contribution in [3.8, 4) is 0 Å². The maximum Gasteiger partial charge on any atom is 0.420 e. The molecule has 29 heavy (non-hydrogen) atoms. The zero-order valence-corrected chi connectivity index (χ0v) is 16.7. The average Bonchev–Trinajstić information content (AvgIpc) is 3.11. The van der Waals surface area contributed by atoms with Crippen LogP contribution >= 0.6 is 11.6 Å². The number of aryl methyl sites for hydroxylation is 1. The molecule has 3 heterocycles. The van der Waals surface area contributed by atoms with Crippen molar-refractivity contribution >= 4 is 28.6 Å². The molecule has 1 saturated heterocycles. The van der Waals surface area contributed by atoms with Gasteiger partial charge < -0.3 is 13.9 Å². The molecule has 0 spiro atoms. The Kier molecular flexibility index (Phi) is 4.66. The van der Waals surface area contributed by atoms with Gasteiger partial charge in [0.15, 0.2) is 5.58 Å². The smallest absolute Gasteiger partial charge is 0.408 e. The fraction of sp³-hybridized carbons (Fsp3) is 0.500. The second-order valence-electron chi connectivity index (χ2n) is 7.87. The molecule has 0 bridgehead atoms. The molecule has 1 atom stereocenters. The van der Waals surface area contributed by atoms with Crippen molar-refractivity contribution in [3.63, 3.8) is 0 Å². The number of rotatable bonds is 6. The molecule has 1 amide bonds. The highest BCUT2D eigenvalue weighted by atomic mass is 35.5. The van der Waals surface area contributed by atoms with Gasteiger partial charge in [-0.25, -0.2) is 4.79 Å². The molecule has 2 fully saturated rings. The molecule has 3 aromatic rings. The first-order valence-corrected chi connectivity index (χ1v) is 10.4. The third kappa shape index (κ3) is 3.57. The molecule has 0 N–H and O–H groups in total. The Morgan fingerprint density at radius 1 is 1.28 bits per heavy atom. The molecular weight excluding hydrogens is 394 g/mol. The van der Waals surface area contributed by atoms with Crippen molar-refractivity contribution < 1.29 is 9.21 Å². The standard InChI is InChI=1S/C20H22ClN5O3/c21-13-3-7-16-17(10-13)29-20(28)25(16)11-19(27)24-9-1-2-14(24)6-8-18-23-22-12-26(18)15-4-5-15/h3,7,10,12,14-15H,1-2,4-6,8-9,11H2. The van der Waals surface area contributed by atoms with Gasteiger partial charge in [-0.2, -0.15) is 0 Å². The van der Waals surface area contributed by atoms with Crippen molar-refractivity contribution in [2.75, 3.05) is 6.54 Å². The van der Waals surface area contributed by atoms with Gasteiger partial charge in [0.05, 0.1) is 5.52 Å². The molecule has 1 aromatic carbocycles. The summed E-state index contributed by atoms with van der Waals surface area (Å²) in [4.78, 5) is 27.1. The Labute approximate surface area is 172 Å². The lowest BCUT2D eigenvalue weighted by Crippen LogP contribution is -2.39. The van der Waals surface area contributed by atoms with E-state index in [0.717, 1.165) is 38.1 Å². The van der Waals surface area contributed by atoms with E-state index in [9.17, 15) is 9.59 Å². The van der Waals surface area contributed by atoms with Gasteiger partial charge >= 0.3 is 5.76 Å². The van der Waals surface area contributed by atoms with Gasteiger partial charge in [-0.1, -0.05) is 11.6 Å². The highest BCUT2D eigenvalue weighted by Crippen LogP contribution is 2.35. The van der Waals surface area contributed by atoms with Crippen LogP contribution in [0, 0.1) is 0 Å². The van der Waals surface area contributed by atoms with Crippen molar-refractivity contribution in [1.29, 1.82) is 0 Å². The summed E-state index contributed by atoms with van der Waals surface area (Å²) in [5, 5.41) is 8.80. The Hall–Kier alpha value is -2.61. The van der Waals surface area contributed by atoms with E-state index in [-0.39, 0.29) is 18.5 Å². The van der Waals surface area contributed by atoms with Crippen LogP contribution in [-0.2, 0) is 17.8 Å². The normalized spacial score (nSPS) is 19.3. The molecule has 0 radical (unpaired) electrons. The number of aromatic nitrogens is 4. The number of halogens is 1. The lowest BCUT2D eigenvalue weighted by Gasteiger charge is -2.24. The Morgan fingerprint density at radius 2 is 2.14 bits per heavy atom. The van der Waals surface area contributed by atoms with Crippen molar-refractivity contribution in [1.82, 2.24) is 24.2 Å². The molecule has 1 aliphatic heterocycles. The number of fused-ring (bicyclic) bond motifs is 1. The first-order chi connectivity index (χ1) is 14.1. The third-order valence-corrected chi connectivity index (χ3v) is 6.14. The quantitative estimate of drug-likeness (QED) is 0.617. The van der Waals surface area contributed by atoms with Crippen LogP contribution in [-0.4, -0.2) is 42.7 Å². The van der Waals surface area contributed by atoms with Crippen LogP contribution in [0.3, 0.4) is 0 Å². The Morgan fingerprint density at radius 3 is 2.97 bits per heavy atom. The van der Waals surface area contributed by atoms with E-state index in [2.05, 4.69) is 14.8 Å². The SMILES string of the molecule is O=C(Cn1c(=O)oc2cc(Cl)ccc21)N1CCCC1CCc1nncn1C1CC1. The van der Waals surface area contributed by atoms with E-state index in [1.807, 2.05) is 11.2 Å². The minimum absolute atomic E-state index is 0.0256. The number of nitrogens with zero attached hydrogens (tertiary/aromatic N) is 5. The predicted octanol–water partition coefficient (Wildman–Crippen LogP) is 2.80. The highest BCUT2D eigenvalue weighted by Gasteiger charge is 2.31. The van der Waals surface area contributed by atoms with Crippen molar-refractivity contribution in [2.24, 2.45) is 0 Å². The molecular formula is C20H22ClN5O3. The minimum atomic E-state index is -0.538. The summed E-state index contributed by atoms with van der Waals surface area (Å²) >= 11 is 5.96. The monoisotopic (exact) mass is 415 g/mol. The zero-order chi connectivity index (χ0) is 20.0. The van der Waals surface area contributed by atoms with E-state index in [1.54, 1.807) is 18.2 Å². The molecule has 1 unspecified atom stereocenters. The summed E-state index contributed by atoms with van der Waals surface area (Å²) in [6.45, 7) is 0.692. The van der Waals surface area contributed by atoms with Crippen LogP contribution < -0.4 is 5.76 Å². The topological polar surface area (TPSA) is 86.2 Å². The molecule has 8 nitrogen and oxygen atoms in total. The van der Waals surface area contributed by atoms with Gasteiger partial charge in [-0.15, -0.1) is 10.2 Å². The number of benzene rings is 1. The van der Waals surface area contributed by atoms with Gasteiger partial charge in [0, 0.05) is 36.1 Å². The number of hydrogen-bond acceptors (Lipinski definition) is 5. The maximum absolute atomic E-state index is 13.0. The Bertz CT molecular complexity index is 1110. The minimum Gasteiger partial charge on any atom is -0.408 e. The number of oxazole rings is 1. The van der Waals surface area contributed by atoms with Gasteiger partial charge in [0.25, 0.3) is 0 Å². The van der Waals surface area contributed by atoms with Crippen molar-refractivity contribution in [2.45, 2.75) is 57.2 Å². The van der Waals surface area contributed by atoms with Gasteiger partial charge in [-0.05, 0) is 44.2 Å². The summed E-state index contributed by atoms with van der Waals surface area (Å²) in [6.07, 6.45) is 7.80. The number of carbonyl (C=O) groups excluding carboxylic acids is 1. The maximum atomic E-state index is 13.0. The number of likely N-dealkylation sites (tertiary alicyclic amines) is 1. The van der Waals surface area contributed by atoms with Gasteiger partial charge in [0.2, 0.25) is 5.91 Å². The molecule has 2 aromatic heterocycles. The van der Waals surface area contributed by atoms with E-state index in [0.29, 0.717) is 22.2 Å². The first-order valence-electron chi connectivity index (χ1n) is 10.1. The lowest BCUT2D eigenvalue weighted by atomic mass is 10.1.